The highest BCUT2D eigenvalue weighted by Crippen LogP contribution is 2.23. The third kappa shape index (κ3) is 3.98. The number of fused-ring (bicyclic) bond motifs is 1. The Morgan fingerprint density at radius 1 is 1.35 bits per heavy atom. The highest BCUT2D eigenvalue weighted by molar-refractivity contribution is 7.16. The molecule has 0 aliphatic heterocycles. The van der Waals surface area contributed by atoms with Crippen LogP contribution in [0.1, 0.15) is 20.8 Å². The van der Waals surface area contributed by atoms with Gasteiger partial charge in [0, 0.05) is 5.92 Å². The topological polar surface area (TPSA) is 69.9 Å². The van der Waals surface area contributed by atoms with E-state index in [-0.39, 0.29) is 24.3 Å². The van der Waals surface area contributed by atoms with E-state index in [9.17, 15) is 9.59 Å². The SMILES string of the molecule is CCOC(=O)Cn1c(=NC(=O)C(C)C)sc2cc(OC)ccc21. The predicted octanol–water partition coefficient (Wildman–Crippen LogP) is 2.36. The molecule has 2 rings (SSSR count). The van der Waals surface area contributed by atoms with Crippen molar-refractivity contribution in [3.8, 4) is 5.75 Å². The summed E-state index contributed by atoms with van der Waals surface area (Å²) in [6.07, 6.45) is 0. The number of rotatable bonds is 5. The molecule has 0 spiro atoms. The Hall–Kier alpha value is -2.15. The van der Waals surface area contributed by atoms with Gasteiger partial charge < -0.3 is 14.0 Å². The quantitative estimate of drug-likeness (QED) is 0.786. The van der Waals surface area contributed by atoms with E-state index in [0.717, 1.165) is 10.2 Å². The average Bonchev–Trinajstić information content (AvgIpc) is 2.84. The summed E-state index contributed by atoms with van der Waals surface area (Å²) in [7, 11) is 1.59. The average molecular weight is 336 g/mol. The van der Waals surface area contributed by atoms with Gasteiger partial charge in [-0.1, -0.05) is 25.2 Å². The zero-order valence-electron chi connectivity index (χ0n) is 13.7. The highest BCUT2D eigenvalue weighted by atomic mass is 32.1. The lowest BCUT2D eigenvalue weighted by Gasteiger charge is -2.06. The van der Waals surface area contributed by atoms with Gasteiger partial charge in [-0.15, -0.1) is 0 Å². The summed E-state index contributed by atoms with van der Waals surface area (Å²) in [4.78, 5) is 28.5. The first-order chi connectivity index (χ1) is 11.0. The monoisotopic (exact) mass is 336 g/mol. The second-order valence-corrected chi connectivity index (χ2v) is 6.22. The number of thiazole rings is 1. The van der Waals surface area contributed by atoms with Gasteiger partial charge in [0.25, 0.3) is 5.91 Å². The van der Waals surface area contributed by atoms with Crippen LogP contribution in [0.4, 0.5) is 0 Å². The first kappa shape index (κ1) is 17.2. The number of aromatic nitrogens is 1. The lowest BCUT2D eigenvalue weighted by molar-refractivity contribution is -0.143. The van der Waals surface area contributed by atoms with Gasteiger partial charge in [0.1, 0.15) is 12.3 Å². The van der Waals surface area contributed by atoms with Crippen LogP contribution in [0.2, 0.25) is 0 Å². The van der Waals surface area contributed by atoms with Crippen LogP contribution in [0.5, 0.6) is 5.75 Å². The van der Waals surface area contributed by atoms with E-state index < -0.39 is 0 Å². The summed E-state index contributed by atoms with van der Waals surface area (Å²) in [6.45, 7) is 5.67. The van der Waals surface area contributed by atoms with E-state index in [2.05, 4.69) is 4.99 Å². The Morgan fingerprint density at radius 3 is 2.70 bits per heavy atom. The normalized spacial score (nSPS) is 12.0. The standard InChI is InChI=1S/C16H20N2O4S/c1-5-22-14(19)9-18-12-7-6-11(21-4)8-13(12)23-16(18)17-15(20)10(2)3/h6-8,10H,5,9H2,1-4H3. The maximum Gasteiger partial charge on any atom is 0.326 e. The minimum Gasteiger partial charge on any atom is -0.497 e. The Bertz CT molecular complexity index is 789. The van der Waals surface area contributed by atoms with Crippen LogP contribution in [0, 0.1) is 5.92 Å². The van der Waals surface area contributed by atoms with Crippen LogP contribution in [-0.2, 0) is 20.9 Å². The summed E-state index contributed by atoms with van der Waals surface area (Å²) >= 11 is 1.35. The van der Waals surface area contributed by atoms with E-state index in [1.807, 2.05) is 18.2 Å². The molecule has 0 saturated heterocycles. The molecule has 0 bridgehead atoms. The molecular formula is C16H20N2O4S. The first-order valence-electron chi connectivity index (χ1n) is 7.37. The molecule has 1 aromatic heterocycles. The Kier molecular flexibility index (Phi) is 5.54. The lowest BCUT2D eigenvalue weighted by Crippen LogP contribution is -2.23. The zero-order chi connectivity index (χ0) is 17.0. The van der Waals surface area contributed by atoms with Gasteiger partial charge in [-0.3, -0.25) is 9.59 Å². The van der Waals surface area contributed by atoms with Crippen molar-refractivity contribution in [2.24, 2.45) is 10.9 Å². The third-order valence-corrected chi connectivity index (χ3v) is 4.22. The van der Waals surface area contributed by atoms with Crippen molar-refractivity contribution in [3.05, 3.63) is 23.0 Å². The Labute approximate surface area is 138 Å². The number of hydrogen-bond acceptors (Lipinski definition) is 5. The van der Waals surface area contributed by atoms with Gasteiger partial charge >= 0.3 is 5.97 Å². The van der Waals surface area contributed by atoms with Gasteiger partial charge in [-0.25, -0.2) is 0 Å². The molecule has 0 atom stereocenters. The second kappa shape index (κ2) is 7.41. The van der Waals surface area contributed by atoms with Crippen molar-refractivity contribution in [1.82, 2.24) is 4.57 Å². The molecule has 0 N–H and O–H groups in total. The number of hydrogen-bond donors (Lipinski definition) is 0. The number of carbonyl (C=O) groups is 2. The van der Waals surface area contributed by atoms with Crippen molar-refractivity contribution in [3.63, 3.8) is 0 Å². The molecule has 0 fully saturated rings. The molecule has 7 heteroatoms. The fourth-order valence-electron chi connectivity index (χ4n) is 1.98. The molecule has 0 radical (unpaired) electrons. The summed E-state index contributed by atoms with van der Waals surface area (Å²) < 4.78 is 12.8. The number of nitrogens with zero attached hydrogens (tertiary/aromatic N) is 2. The minimum atomic E-state index is -0.360. The first-order valence-corrected chi connectivity index (χ1v) is 8.19. The van der Waals surface area contributed by atoms with Crippen LogP contribution in [-0.4, -0.2) is 30.2 Å². The smallest absolute Gasteiger partial charge is 0.326 e. The maximum absolute atomic E-state index is 12.0. The van der Waals surface area contributed by atoms with Gasteiger partial charge in [0.05, 0.1) is 23.9 Å². The molecule has 1 amide bonds. The number of ether oxygens (including phenoxy) is 2. The van der Waals surface area contributed by atoms with E-state index >= 15 is 0 Å². The van der Waals surface area contributed by atoms with Crippen LogP contribution >= 0.6 is 11.3 Å². The van der Waals surface area contributed by atoms with Gasteiger partial charge in [-0.2, -0.15) is 4.99 Å². The molecule has 0 aliphatic rings. The number of esters is 1. The molecule has 0 unspecified atom stereocenters. The molecule has 0 aliphatic carbocycles. The van der Waals surface area contributed by atoms with Gasteiger partial charge in [0.2, 0.25) is 0 Å². The Morgan fingerprint density at radius 2 is 2.09 bits per heavy atom. The predicted molar refractivity (Wildman–Crippen MR) is 88.4 cm³/mol. The van der Waals surface area contributed by atoms with Crippen molar-refractivity contribution < 1.29 is 19.1 Å². The fraction of sp³-hybridized carbons (Fsp3) is 0.438. The van der Waals surface area contributed by atoms with Crippen molar-refractivity contribution in [2.45, 2.75) is 27.3 Å². The number of amides is 1. The van der Waals surface area contributed by atoms with Crippen molar-refractivity contribution in [1.29, 1.82) is 0 Å². The van der Waals surface area contributed by atoms with Crippen LogP contribution in [0.3, 0.4) is 0 Å². The summed E-state index contributed by atoms with van der Waals surface area (Å²) in [5.74, 6) is -0.0721. The summed E-state index contributed by atoms with van der Waals surface area (Å²) in [6, 6.07) is 5.52. The number of benzene rings is 1. The largest absolute Gasteiger partial charge is 0.497 e. The van der Waals surface area contributed by atoms with Crippen LogP contribution < -0.4 is 9.54 Å². The third-order valence-electron chi connectivity index (χ3n) is 3.18. The van der Waals surface area contributed by atoms with Gasteiger partial charge in [-0.05, 0) is 25.1 Å². The van der Waals surface area contributed by atoms with Crippen LogP contribution in [0.15, 0.2) is 23.2 Å². The van der Waals surface area contributed by atoms with E-state index in [4.69, 9.17) is 9.47 Å². The number of methoxy groups -OCH3 is 1. The Balaban J connectivity index is 2.58. The van der Waals surface area contributed by atoms with E-state index in [1.54, 1.807) is 32.4 Å². The van der Waals surface area contributed by atoms with Gasteiger partial charge in [0.15, 0.2) is 4.80 Å². The molecule has 2 aromatic rings. The number of carbonyl (C=O) groups excluding carboxylic acids is 2. The lowest BCUT2D eigenvalue weighted by atomic mass is 10.2. The van der Waals surface area contributed by atoms with Crippen molar-refractivity contribution >= 4 is 33.4 Å². The molecule has 124 valence electrons. The maximum atomic E-state index is 12.0. The molecule has 1 heterocycles. The molecule has 6 nitrogen and oxygen atoms in total. The molecule has 23 heavy (non-hydrogen) atoms. The fourth-order valence-corrected chi connectivity index (χ4v) is 3.04. The minimum absolute atomic E-state index is 0.0182. The van der Waals surface area contributed by atoms with Crippen LogP contribution in [0.25, 0.3) is 10.2 Å². The van der Waals surface area contributed by atoms with E-state index in [1.165, 1.54) is 11.3 Å². The molecular weight excluding hydrogens is 316 g/mol. The highest BCUT2D eigenvalue weighted by Gasteiger charge is 2.13. The van der Waals surface area contributed by atoms with E-state index in [0.29, 0.717) is 17.2 Å². The summed E-state index contributed by atoms with van der Waals surface area (Å²) in [5, 5.41) is 0. The second-order valence-electron chi connectivity index (χ2n) is 5.21. The van der Waals surface area contributed by atoms with Crippen molar-refractivity contribution in [2.75, 3.05) is 13.7 Å². The molecule has 1 aromatic carbocycles. The molecule has 0 saturated carbocycles. The zero-order valence-corrected chi connectivity index (χ0v) is 14.5. The summed E-state index contributed by atoms with van der Waals surface area (Å²) in [5.41, 5.74) is 0.819.